The Bertz CT molecular complexity index is 529. The Kier molecular flexibility index (Phi) is 3.49. The number of ether oxygens (including phenoxy) is 1. The summed E-state index contributed by atoms with van der Waals surface area (Å²) in [5.41, 5.74) is 7.33. The second kappa shape index (κ2) is 5.06. The van der Waals surface area contributed by atoms with E-state index in [1.807, 2.05) is 31.2 Å². The van der Waals surface area contributed by atoms with Gasteiger partial charge in [-0.2, -0.15) is 0 Å². The molecule has 1 heterocycles. The minimum atomic E-state index is 0.314. The molecule has 3 nitrogen and oxygen atoms in total. The van der Waals surface area contributed by atoms with E-state index in [-0.39, 0.29) is 0 Å². The first-order chi connectivity index (χ1) is 8.16. The van der Waals surface area contributed by atoms with Crippen molar-refractivity contribution in [3.8, 4) is 5.75 Å². The van der Waals surface area contributed by atoms with E-state index >= 15 is 0 Å². The molecule has 0 radical (unpaired) electrons. The lowest BCUT2D eigenvalue weighted by atomic mass is 10.2. The zero-order valence-corrected chi connectivity index (χ0v) is 10.2. The number of hydrogen-bond donors (Lipinski definition) is 1. The Morgan fingerprint density at radius 2 is 2.00 bits per heavy atom. The van der Waals surface area contributed by atoms with Crippen molar-refractivity contribution >= 4 is 17.4 Å². The van der Waals surface area contributed by atoms with Crippen LogP contribution in [0.25, 0.3) is 0 Å². The molecule has 1 aromatic heterocycles. The zero-order valence-electron chi connectivity index (χ0n) is 9.48. The van der Waals surface area contributed by atoms with Gasteiger partial charge in [0.2, 0.25) is 0 Å². The molecule has 0 saturated carbocycles. The minimum absolute atomic E-state index is 0.314. The van der Waals surface area contributed by atoms with Gasteiger partial charge < -0.3 is 10.5 Å². The molecule has 0 amide bonds. The molecule has 1 aromatic carbocycles. The fourth-order valence-corrected chi connectivity index (χ4v) is 1.63. The molecule has 88 valence electrons. The first-order valence-electron chi connectivity index (χ1n) is 5.26. The summed E-state index contributed by atoms with van der Waals surface area (Å²) in [7, 11) is 0. The van der Waals surface area contributed by atoms with Gasteiger partial charge in [-0.05, 0) is 30.7 Å². The molecule has 0 saturated heterocycles. The number of benzene rings is 1. The van der Waals surface area contributed by atoms with Crippen molar-refractivity contribution in [1.82, 2.24) is 4.98 Å². The normalized spacial score (nSPS) is 10.2. The van der Waals surface area contributed by atoms with Crippen LogP contribution in [-0.2, 0) is 6.61 Å². The number of nitrogens with zero attached hydrogens (tertiary/aromatic N) is 1. The molecule has 17 heavy (non-hydrogen) atoms. The highest BCUT2D eigenvalue weighted by Crippen LogP contribution is 2.20. The zero-order chi connectivity index (χ0) is 12.3. The number of para-hydroxylation sites is 1. The number of pyridine rings is 1. The highest BCUT2D eigenvalue weighted by Gasteiger charge is 2.05. The van der Waals surface area contributed by atoms with Crippen LogP contribution in [0.15, 0.2) is 36.4 Å². The highest BCUT2D eigenvalue weighted by molar-refractivity contribution is 6.31. The van der Waals surface area contributed by atoms with E-state index in [0.717, 1.165) is 11.3 Å². The van der Waals surface area contributed by atoms with E-state index in [2.05, 4.69) is 4.98 Å². The number of aromatic nitrogens is 1. The molecular weight excluding hydrogens is 236 g/mol. The molecular formula is C13H13ClN2O. The van der Waals surface area contributed by atoms with Crippen LogP contribution in [0.3, 0.4) is 0 Å². The van der Waals surface area contributed by atoms with Crippen LogP contribution in [0.1, 0.15) is 11.3 Å². The van der Waals surface area contributed by atoms with E-state index in [4.69, 9.17) is 22.1 Å². The van der Waals surface area contributed by atoms with Crippen LogP contribution in [-0.4, -0.2) is 4.98 Å². The van der Waals surface area contributed by atoms with E-state index in [9.17, 15) is 0 Å². The molecule has 2 N–H and O–H groups in total. The number of anilines is 1. The number of aryl methyl sites for hydroxylation is 1. The Morgan fingerprint density at radius 3 is 2.76 bits per heavy atom. The van der Waals surface area contributed by atoms with Gasteiger partial charge in [0.15, 0.2) is 0 Å². The van der Waals surface area contributed by atoms with Gasteiger partial charge in [-0.1, -0.05) is 29.8 Å². The maximum absolute atomic E-state index is 6.00. The Morgan fingerprint density at radius 1 is 1.24 bits per heavy atom. The molecule has 4 heteroatoms. The number of hydrogen-bond acceptors (Lipinski definition) is 3. The summed E-state index contributed by atoms with van der Waals surface area (Å²) in [5, 5.41) is 0.563. The van der Waals surface area contributed by atoms with Crippen molar-refractivity contribution < 1.29 is 4.74 Å². The molecule has 0 unspecified atom stereocenters. The summed E-state index contributed by atoms with van der Waals surface area (Å²) in [5.74, 6) is 1.27. The molecule has 0 bridgehead atoms. The highest BCUT2D eigenvalue weighted by atomic mass is 35.5. The Hall–Kier alpha value is -1.74. The number of halogens is 1. The predicted molar refractivity (Wildman–Crippen MR) is 69.2 cm³/mol. The topological polar surface area (TPSA) is 48.1 Å². The lowest BCUT2D eigenvalue weighted by molar-refractivity contribution is 0.299. The van der Waals surface area contributed by atoms with Crippen molar-refractivity contribution in [2.75, 3.05) is 5.73 Å². The van der Waals surface area contributed by atoms with Crippen LogP contribution in [0, 0.1) is 6.92 Å². The lowest BCUT2D eigenvalue weighted by Gasteiger charge is -2.09. The maximum Gasteiger partial charge on any atom is 0.132 e. The molecule has 0 spiro atoms. The predicted octanol–water partition coefficient (Wildman–Crippen LogP) is 3.20. The standard InChI is InChI=1S/C13H13ClN2O/c1-9-4-2-3-5-12(9)17-8-11-10(14)6-7-13(15)16-11/h2-7H,8H2,1H3,(H2,15,16). The lowest BCUT2D eigenvalue weighted by Crippen LogP contribution is -2.02. The van der Waals surface area contributed by atoms with E-state index < -0.39 is 0 Å². The van der Waals surface area contributed by atoms with Gasteiger partial charge in [0, 0.05) is 0 Å². The first-order valence-corrected chi connectivity index (χ1v) is 5.64. The van der Waals surface area contributed by atoms with Crippen molar-refractivity contribution in [1.29, 1.82) is 0 Å². The molecule has 0 fully saturated rings. The Balaban J connectivity index is 2.12. The quantitative estimate of drug-likeness (QED) is 0.907. The second-order valence-electron chi connectivity index (χ2n) is 3.72. The van der Waals surface area contributed by atoms with Crippen LogP contribution < -0.4 is 10.5 Å². The number of nitrogen functional groups attached to an aromatic ring is 1. The summed E-state index contributed by atoms with van der Waals surface area (Å²) in [4.78, 5) is 4.14. The van der Waals surface area contributed by atoms with Crippen molar-refractivity contribution in [3.63, 3.8) is 0 Å². The molecule has 0 aliphatic heterocycles. The average Bonchev–Trinajstić information content (AvgIpc) is 2.32. The van der Waals surface area contributed by atoms with Crippen molar-refractivity contribution in [2.45, 2.75) is 13.5 Å². The second-order valence-corrected chi connectivity index (χ2v) is 4.13. The van der Waals surface area contributed by atoms with Gasteiger partial charge in [-0.15, -0.1) is 0 Å². The van der Waals surface area contributed by atoms with Crippen molar-refractivity contribution in [2.24, 2.45) is 0 Å². The fourth-order valence-electron chi connectivity index (χ4n) is 1.47. The van der Waals surface area contributed by atoms with Crippen LogP contribution in [0.2, 0.25) is 5.02 Å². The van der Waals surface area contributed by atoms with Crippen LogP contribution in [0.5, 0.6) is 5.75 Å². The smallest absolute Gasteiger partial charge is 0.132 e. The summed E-state index contributed by atoms with van der Waals surface area (Å²) >= 11 is 6.00. The maximum atomic E-state index is 6.00. The van der Waals surface area contributed by atoms with Crippen molar-refractivity contribution in [3.05, 3.63) is 52.7 Å². The molecule has 0 aliphatic rings. The van der Waals surface area contributed by atoms with Crippen LogP contribution >= 0.6 is 11.6 Å². The number of nitrogens with two attached hydrogens (primary N) is 1. The summed E-state index contributed by atoms with van der Waals surface area (Å²) in [6.45, 7) is 2.30. The SMILES string of the molecule is Cc1ccccc1OCc1nc(N)ccc1Cl. The minimum Gasteiger partial charge on any atom is -0.487 e. The first kappa shape index (κ1) is 11.7. The van der Waals surface area contributed by atoms with Gasteiger partial charge in [0.1, 0.15) is 18.2 Å². The third-order valence-corrected chi connectivity index (χ3v) is 2.74. The third-order valence-electron chi connectivity index (χ3n) is 2.40. The summed E-state index contributed by atoms with van der Waals surface area (Å²) < 4.78 is 5.66. The monoisotopic (exact) mass is 248 g/mol. The Labute approximate surface area is 105 Å². The van der Waals surface area contributed by atoms with Gasteiger partial charge in [-0.3, -0.25) is 0 Å². The molecule has 0 aliphatic carbocycles. The number of rotatable bonds is 3. The molecule has 2 aromatic rings. The summed E-state index contributed by atoms with van der Waals surface area (Å²) in [6.07, 6.45) is 0. The summed E-state index contributed by atoms with van der Waals surface area (Å²) in [6, 6.07) is 11.2. The van der Waals surface area contributed by atoms with E-state index in [0.29, 0.717) is 23.1 Å². The molecule has 0 atom stereocenters. The largest absolute Gasteiger partial charge is 0.487 e. The molecule has 2 rings (SSSR count). The van der Waals surface area contributed by atoms with Gasteiger partial charge in [-0.25, -0.2) is 4.98 Å². The van der Waals surface area contributed by atoms with E-state index in [1.54, 1.807) is 12.1 Å². The fraction of sp³-hybridized carbons (Fsp3) is 0.154. The third kappa shape index (κ3) is 2.88. The van der Waals surface area contributed by atoms with Gasteiger partial charge in [0.05, 0.1) is 10.7 Å². The average molecular weight is 249 g/mol. The van der Waals surface area contributed by atoms with Crippen LogP contribution in [0.4, 0.5) is 5.82 Å². The van der Waals surface area contributed by atoms with Gasteiger partial charge in [0.25, 0.3) is 0 Å². The van der Waals surface area contributed by atoms with E-state index in [1.165, 1.54) is 0 Å². The van der Waals surface area contributed by atoms with Gasteiger partial charge >= 0.3 is 0 Å².